The van der Waals surface area contributed by atoms with Crippen molar-refractivity contribution in [3.63, 3.8) is 0 Å². The fourth-order valence-electron chi connectivity index (χ4n) is 3.19. The lowest BCUT2D eigenvalue weighted by Gasteiger charge is -2.31. The summed E-state index contributed by atoms with van der Waals surface area (Å²) in [5.41, 5.74) is 7.23. The lowest BCUT2D eigenvalue weighted by molar-refractivity contribution is 0.173. The summed E-state index contributed by atoms with van der Waals surface area (Å²) in [5.74, 6) is 0. The standard InChI is InChI=1S/C17H29N3/c1-2-19-12-6-9-17(10-13-19)20(14-11-18)15-16-7-4-3-5-8-16/h3-5,7-8,17H,2,6,9-15,18H2,1H3. The van der Waals surface area contributed by atoms with E-state index >= 15 is 0 Å². The minimum absolute atomic E-state index is 0.690. The molecule has 1 atom stereocenters. The van der Waals surface area contributed by atoms with E-state index in [4.69, 9.17) is 5.73 Å². The number of benzene rings is 1. The maximum Gasteiger partial charge on any atom is 0.0237 e. The van der Waals surface area contributed by atoms with E-state index in [0.717, 1.165) is 19.6 Å². The molecule has 1 aliphatic rings. The van der Waals surface area contributed by atoms with Crippen molar-refractivity contribution < 1.29 is 0 Å². The monoisotopic (exact) mass is 275 g/mol. The predicted octanol–water partition coefficient (Wildman–Crippen LogP) is 2.32. The molecule has 112 valence electrons. The Balaban J connectivity index is 1.96. The highest BCUT2D eigenvalue weighted by Crippen LogP contribution is 2.19. The average Bonchev–Trinajstić information content (AvgIpc) is 2.73. The van der Waals surface area contributed by atoms with Gasteiger partial charge in [0.25, 0.3) is 0 Å². The quantitative estimate of drug-likeness (QED) is 0.865. The second-order valence-electron chi connectivity index (χ2n) is 5.76. The molecule has 0 spiro atoms. The van der Waals surface area contributed by atoms with Crippen molar-refractivity contribution in [2.24, 2.45) is 5.73 Å². The minimum Gasteiger partial charge on any atom is -0.329 e. The molecule has 0 bridgehead atoms. The maximum absolute atomic E-state index is 5.83. The van der Waals surface area contributed by atoms with Crippen LogP contribution in [0.2, 0.25) is 0 Å². The molecule has 0 aliphatic carbocycles. The van der Waals surface area contributed by atoms with Crippen LogP contribution in [0.25, 0.3) is 0 Å². The van der Waals surface area contributed by atoms with E-state index < -0.39 is 0 Å². The van der Waals surface area contributed by atoms with Crippen LogP contribution >= 0.6 is 0 Å². The van der Waals surface area contributed by atoms with Gasteiger partial charge >= 0.3 is 0 Å². The van der Waals surface area contributed by atoms with Crippen LogP contribution < -0.4 is 5.73 Å². The highest BCUT2D eigenvalue weighted by molar-refractivity contribution is 5.14. The van der Waals surface area contributed by atoms with Crippen LogP contribution in [-0.4, -0.2) is 48.6 Å². The van der Waals surface area contributed by atoms with Crippen molar-refractivity contribution in [2.45, 2.75) is 38.8 Å². The van der Waals surface area contributed by atoms with E-state index in [2.05, 4.69) is 47.1 Å². The van der Waals surface area contributed by atoms with Crippen LogP contribution in [0, 0.1) is 0 Å². The first-order valence-corrected chi connectivity index (χ1v) is 8.04. The smallest absolute Gasteiger partial charge is 0.0237 e. The third-order valence-electron chi connectivity index (χ3n) is 4.40. The first kappa shape index (κ1) is 15.5. The zero-order valence-electron chi connectivity index (χ0n) is 12.8. The second kappa shape index (κ2) is 8.40. The van der Waals surface area contributed by atoms with Gasteiger partial charge in [-0.3, -0.25) is 4.90 Å². The predicted molar refractivity (Wildman–Crippen MR) is 85.7 cm³/mol. The van der Waals surface area contributed by atoms with E-state index in [1.165, 1.54) is 44.5 Å². The van der Waals surface area contributed by atoms with Gasteiger partial charge in [-0.15, -0.1) is 0 Å². The van der Waals surface area contributed by atoms with Gasteiger partial charge in [0.05, 0.1) is 0 Å². The van der Waals surface area contributed by atoms with E-state index in [1.54, 1.807) is 0 Å². The highest BCUT2D eigenvalue weighted by atomic mass is 15.2. The van der Waals surface area contributed by atoms with Gasteiger partial charge in [0.15, 0.2) is 0 Å². The van der Waals surface area contributed by atoms with Crippen molar-refractivity contribution >= 4 is 0 Å². The lowest BCUT2D eigenvalue weighted by atomic mass is 10.1. The zero-order chi connectivity index (χ0) is 14.2. The van der Waals surface area contributed by atoms with Crippen LogP contribution in [0.15, 0.2) is 30.3 Å². The SMILES string of the molecule is CCN1CCCC(N(CCN)Cc2ccccc2)CC1. The molecule has 1 aliphatic heterocycles. The summed E-state index contributed by atoms with van der Waals surface area (Å²) < 4.78 is 0. The van der Waals surface area contributed by atoms with Crippen molar-refractivity contribution in [2.75, 3.05) is 32.7 Å². The molecule has 1 aromatic rings. The van der Waals surface area contributed by atoms with E-state index in [0.29, 0.717) is 6.04 Å². The molecule has 1 unspecified atom stereocenters. The summed E-state index contributed by atoms with van der Waals surface area (Å²) in [4.78, 5) is 5.16. The third-order valence-corrected chi connectivity index (χ3v) is 4.40. The second-order valence-corrected chi connectivity index (χ2v) is 5.76. The Hall–Kier alpha value is -0.900. The Bertz CT molecular complexity index is 366. The molecule has 0 amide bonds. The van der Waals surface area contributed by atoms with Crippen molar-refractivity contribution in [3.05, 3.63) is 35.9 Å². The Morgan fingerprint density at radius 3 is 2.70 bits per heavy atom. The third kappa shape index (κ3) is 4.58. The van der Waals surface area contributed by atoms with Crippen LogP contribution in [0.5, 0.6) is 0 Å². The molecule has 2 rings (SSSR count). The van der Waals surface area contributed by atoms with Gasteiger partial charge in [-0.2, -0.15) is 0 Å². The van der Waals surface area contributed by atoms with Crippen LogP contribution in [0.3, 0.4) is 0 Å². The first-order chi connectivity index (χ1) is 9.83. The molecular formula is C17H29N3. The molecule has 1 saturated heterocycles. The number of hydrogen-bond donors (Lipinski definition) is 1. The Kier molecular flexibility index (Phi) is 6.51. The number of nitrogens with zero attached hydrogens (tertiary/aromatic N) is 2. The number of hydrogen-bond acceptors (Lipinski definition) is 3. The van der Waals surface area contributed by atoms with E-state index in [9.17, 15) is 0 Å². The molecule has 0 radical (unpaired) electrons. The molecule has 1 fully saturated rings. The molecule has 1 aromatic carbocycles. The van der Waals surface area contributed by atoms with Crippen LogP contribution in [0.4, 0.5) is 0 Å². The average molecular weight is 275 g/mol. The van der Waals surface area contributed by atoms with Crippen molar-refractivity contribution in [1.82, 2.24) is 9.80 Å². The van der Waals surface area contributed by atoms with Crippen molar-refractivity contribution in [1.29, 1.82) is 0 Å². The molecule has 20 heavy (non-hydrogen) atoms. The normalized spacial score (nSPS) is 21.1. The summed E-state index contributed by atoms with van der Waals surface area (Å²) in [6.07, 6.45) is 3.90. The Morgan fingerprint density at radius 1 is 1.20 bits per heavy atom. The minimum atomic E-state index is 0.690. The van der Waals surface area contributed by atoms with Crippen molar-refractivity contribution in [3.8, 4) is 0 Å². The maximum atomic E-state index is 5.83. The molecule has 3 heteroatoms. The highest BCUT2D eigenvalue weighted by Gasteiger charge is 2.21. The summed E-state index contributed by atoms with van der Waals surface area (Å²) in [7, 11) is 0. The van der Waals surface area contributed by atoms with E-state index in [-0.39, 0.29) is 0 Å². The number of nitrogens with two attached hydrogens (primary N) is 1. The topological polar surface area (TPSA) is 32.5 Å². The summed E-state index contributed by atoms with van der Waals surface area (Å²) >= 11 is 0. The molecular weight excluding hydrogens is 246 g/mol. The first-order valence-electron chi connectivity index (χ1n) is 8.04. The van der Waals surface area contributed by atoms with Gasteiger partial charge in [-0.05, 0) is 44.5 Å². The van der Waals surface area contributed by atoms with Gasteiger partial charge in [0.2, 0.25) is 0 Å². The molecule has 3 nitrogen and oxygen atoms in total. The molecule has 1 heterocycles. The van der Waals surface area contributed by atoms with Gasteiger partial charge in [-0.1, -0.05) is 37.3 Å². The Labute approximate surface area is 123 Å². The molecule has 0 saturated carbocycles. The number of rotatable bonds is 6. The van der Waals surface area contributed by atoms with Gasteiger partial charge in [-0.25, -0.2) is 0 Å². The largest absolute Gasteiger partial charge is 0.329 e. The zero-order valence-corrected chi connectivity index (χ0v) is 12.8. The lowest BCUT2D eigenvalue weighted by Crippen LogP contribution is -2.39. The van der Waals surface area contributed by atoms with Crippen LogP contribution in [-0.2, 0) is 6.54 Å². The Morgan fingerprint density at radius 2 is 2.00 bits per heavy atom. The summed E-state index contributed by atoms with van der Waals surface area (Å²) in [6, 6.07) is 11.5. The fourth-order valence-corrected chi connectivity index (χ4v) is 3.19. The van der Waals surface area contributed by atoms with Gasteiger partial charge in [0.1, 0.15) is 0 Å². The molecule has 0 aromatic heterocycles. The molecule has 2 N–H and O–H groups in total. The van der Waals surface area contributed by atoms with Gasteiger partial charge in [0, 0.05) is 25.7 Å². The van der Waals surface area contributed by atoms with Crippen LogP contribution in [0.1, 0.15) is 31.7 Å². The summed E-state index contributed by atoms with van der Waals surface area (Å²) in [6.45, 7) is 8.73. The van der Waals surface area contributed by atoms with E-state index in [1.807, 2.05) is 0 Å². The van der Waals surface area contributed by atoms with Gasteiger partial charge < -0.3 is 10.6 Å². The fraction of sp³-hybridized carbons (Fsp3) is 0.647. The number of likely N-dealkylation sites (tertiary alicyclic amines) is 1. The summed E-state index contributed by atoms with van der Waals surface area (Å²) in [5, 5.41) is 0.